The third-order valence-corrected chi connectivity index (χ3v) is 9.04. The molecule has 1 fully saturated rings. The first-order chi connectivity index (χ1) is 20.1. The van der Waals surface area contributed by atoms with Gasteiger partial charge in [-0.05, 0) is 68.0 Å². The molecule has 4 N–H and O–H groups in total. The van der Waals surface area contributed by atoms with Gasteiger partial charge in [-0.25, -0.2) is 4.79 Å². The van der Waals surface area contributed by atoms with Gasteiger partial charge >= 0.3 is 6.03 Å². The van der Waals surface area contributed by atoms with Crippen molar-refractivity contribution < 1.29 is 19.5 Å². The lowest BCUT2D eigenvalue weighted by molar-refractivity contribution is -0.147. The molecule has 222 valence electrons. The van der Waals surface area contributed by atoms with Crippen molar-refractivity contribution in [2.24, 2.45) is 0 Å². The third kappa shape index (κ3) is 7.72. The Balaban J connectivity index is 1.50. The van der Waals surface area contributed by atoms with Crippen molar-refractivity contribution >= 4 is 35.3 Å². The molecule has 0 aromatic heterocycles. The predicted octanol–water partition coefficient (Wildman–Crippen LogP) is 4.65. The fourth-order valence-corrected chi connectivity index (χ4v) is 6.25. The monoisotopic (exact) mass is 588 g/mol. The van der Waals surface area contributed by atoms with Crippen molar-refractivity contribution in [3.63, 3.8) is 0 Å². The highest BCUT2D eigenvalue weighted by atomic mass is 32.2. The Morgan fingerprint density at radius 3 is 2.31 bits per heavy atom. The topological polar surface area (TPSA) is 111 Å². The van der Waals surface area contributed by atoms with Crippen LogP contribution < -0.4 is 16.0 Å². The van der Waals surface area contributed by atoms with Gasteiger partial charge in [0.2, 0.25) is 5.91 Å². The maximum absolute atomic E-state index is 13.8. The molecule has 8 nitrogen and oxygen atoms in total. The first-order valence-electron chi connectivity index (χ1n) is 14.2. The normalized spacial score (nSPS) is 17.3. The third-order valence-electron chi connectivity index (χ3n) is 7.66. The first-order valence-corrected chi connectivity index (χ1v) is 15.2. The van der Waals surface area contributed by atoms with Crippen LogP contribution in [0.3, 0.4) is 0 Å². The van der Waals surface area contributed by atoms with Crippen molar-refractivity contribution in [2.45, 2.75) is 70.0 Å². The number of hydrogen-bond donors (Lipinski definition) is 4. The number of aliphatic hydroxyl groups excluding tert-OH is 1. The van der Waals surface area contributed by atoms with E-state index in [2.05, 4.69) is 22.9 Å². The van der Waals surface area contributed by atoms with Crippen LogP contribution in [0.5, 0.6) is 0 Å². The van der Waals surface area contributed by atoms with E-state index >= 15 is 0 Å². The minimum absolute atomic E-state index is 0.227. The number of rotatable bonds is 10. The van der Waals surface area contributed by atoms with Gasteiger partial charge in [0.05, 0.1) is 11.9 Å². The number of aliphatic hydroxyl groups is 1. The van der Waals surface area contributed by atoms with Crippen LogP contribution in [-0.2, 0) is 29.0 Å². The van der Waals surface area contributed by atoms with Crippen molar-refractivity contribution in [2.75, 3.05) is 11.2 Å². The van der Waals surface area contributed by atoms with Crippen LogP contribution in [-0.4, -0.2) is 56.7 Å². The second-order valence-electron chi connectivity index (χ2n) is 11.1. The van der Waals surface area contributed by atoms with E-state index in [-0.39, 0.29) is 18.2 Å². The SMILES string of the molecule is CCc1ccc(NC(=O)NC(Cc2ccccc2)C(O)C(=O)N2CSC(C)(C)C2C(=O)NCc2ccccc2C)cc1. The van der Waals surface area contributed by atoms with Crippen molar-refractivity contribution in [1.82, 2.24) is 15.5 Å². The minimum atomic E-state index is -1.57. The summed E-state index contributed by atoms with van der Waals surface area (Å²) in [7, 11) is 0. The van der Waals surface area contributed by atoms with Gasteiger partial charge in [0.1, 0.15) is 6.04 Å². The lowest BCUT2D eigenvalue weighted by Gasteiger charge is -2.33. The van der Waals surface area contributed by atoms with E-state index in [4.69, 9.17) is 0 Å². The molecule has 1 saturated heterocycles. The quantitative estimate of drug-likeness (QED) is 0.276. The summed E-state index contributed by atoms with van der Waals surface area (Å²) in [5, 5.41) is 20.0. The van der Waals surface area contributed by atoms with Crippen LogP contribution in [0, 0.1) is 6.92 Å². The molecular formula is C33H40N4O4S. The molecule has 1 aliphatic heterocycles. The molecule has 1 heterocycles. The summed E-state index contributed by atoms with van der Waals surface area (Å²) >= 11 is 1.48. The van der Waals surface area contributed by atoms with E-state index in [9.17, 15) is 19.5 Å². The Hall–Kier alpha value is -3.82. The minimum Gasteiger partial charge on any atom is -0.381 e. The summed E-state index contributed by atoms with van der Waals surface area (Å²) in [4.78, 5) is 41.8. The van der Waals surface area contributed by atoms with Gasteiger partial charge in [0.25, 0.3) is 5.91 Å². The highest BCUT2D eigenvalue weighted by molar-refractivity contribution is 8.00. The zero-order chi connectivity index (χ0) is 30.3. The molecular weight excluding hydrogens is 548 g/mol. The summed E-state index contributed by atoms with van der Waals surface area (Å²) in [6.07, 6.45) is -0.458. The number of anilines is 1. The van der Waals surface area contributed by atoms with Crippen LogP contribution >= 0.6 is 11.8 Å². The van der Waals surface area contributed by atoms with Crippen molar-refractivity contribution in [1.29, 1.82) is 0 Å². The highest BCUT2D eigenvalue weighted by Crippen LogP contribution is 2.40. The van der Waals surface area contributed by atoms with Crippen LogP contribution in [0.4, 0.5) is 10.5 Å². The van der Waals surface area contributed by atoms with Crippen LogP contribution in [0.2, 0.25) is 0 Å². The number of carbonyl (C=O) groups excluding carboxylic acids is 3. The molecule has 3 unspecified atom stereocenters. The molecule has 3 aromatic carbocycles. The number of nitrogens with one attached hydrogen (secondary N) is 3. The van der Waals surface area contributed by atoms with Gasteiger partial charge in [-0.15, -0.1) is 11.8 Å². The Kier molecular flexibility index (Phi) is 10.3. The summed E-state index contributed by atoms with van der Waals surface area (Å²) in [5.41, 5.74) is 4.66. The number of thioether (sulfide) groups is 1. The second-order valence-corrected chi connectivity index (χ2v) is 12.7. The fourth-order valence-electron chi connectivity index (χ4n) is 5.11. The molecule has 0 aliphatic carbocycles. The van der Waals surface area contributed by atoms with Crippen LogP contribution in [0.1, 0.15) is 43.0 Å². The summed E-state index contributed by atoms with van der Waals surface area (Å²) < 4.78 is -0.574. The smallest absolute Gasteiger partial charge is 0.319 e. The van der Waals surface area contributed by atoms with Gasteiger partial charge in [0, 0.05) is 17.0 Å². The van der Waals surface area contributed by atoms with Gasteiger partial charge in [-0.3, -0.25) is 9.59 Å². The average Bonchev–Trinajstić information content (AvgIpc) is 3.31. The number of carbonyl (C=O) groups is 3. The number of nitrogens with zero attached hydrogens (tertiary/aromatic N) is 1. The summed E-state index contributed by atoms with van der Waals surface area (Å²) in [6, 6.07) is 22.4. The average molecular weight is 589 g/mol. The molecule has 42 heavy (non-hydrogen) atoms. The molecule has 0 spiro atoms. The number of urea groups is 1. The predicted molar refractivity (Wildman–Crippen MR) is 168 cm³/mol. The Labute approximate surface area is 252 Å². The lowest BCUT2D eigenvalue weighted by atomic mass is 9.97. The van der Waals surface area contributed by atoms with E-state index < -0.39 is 34.9 Å². The van der Waals surface area contributed by atoms with Gasteiger partial charge in [-0.2, -0.15) is 0 Å². The standard InChI is InChI=1S/C33H40N4O4S/c1-5-23-15-17-26(18-16-23)35-32(41)36-27(19-24-12-7-6-8-13-24)28(38)31(40)37-21-42-33(3,4)29(37)30(39)34-20-25-14-10-9-11-22(25)2/h6-18,27-29,38H,5,19-21H2,1-4H3,(H,34,39)(H2,35,36,41). The molecule has 4 rings (SSSR count). The Morgan fingerprint density at radius 2 is 1.64 bits per heavy atom. The van der Waals surface area contributed by atoms with Gasteiger partial charge in [0.15, 0.2) is 6.10 Å². The van der Waals surface area contributed by atoms with Crippen molar-refractivity contribution in [3.8, 4) is 0 Å². The highest BCUT2D eigenvalue weighted by Gasteiger charge is 2.49. The summed E-state index contributed by atoms with van der Waals surface area (Å²) in [5.74, 6) is -0.633. The van der Waals surface area contributed by atoms with Gasteiger partial charge < -0.3 is 26.0 Å². The Bertz CT molecular complexity index is 1380. The molecule has 0 radical (unpaired) electrons. The molecule has 9 heteroatoms. The second kappa shape index (κ2) is 13.9. The number of amides is 4. The maximum atomic E-state index is 13.8. The largest absolute Gasteiger partial charge is 0.381 e. The van der Waals surface area contributed by atoms with E-state index in [1.165, 1.54) is 16.7 Å². The van der Waals surface area contributed by atoms with Crippen molar-refractivity contribution in [3.05, 3.63) is 101 Å². The fraction of sp³-hybridized carbons (Fsp3) is 0.364. The zero-order valence-electron chi connectivity index (χ0n) is 24.6. The van der Waals surface area contributed by atoms with E-state index in [0.717, 1.165) is 28.7 Å². The molecule has 4 amide bonds. The van der Waals surface area contributed by atoms with E-state index in [1.807, 2.05) is 99.6 Å². The van der Waals surface area contributed by atoms with Gasteiger partial charge in [-0.1, -0.05) is 73.7 Å². The summed E-state index contributed by atoms with van der Waals surface area (Å²) in [6.45, 7) is 8.23. The molecule has 0 bridgehead atoms. The Morgan fingerprint density at radius 1 is 0.976 bits per heavy atom. The van der Waals surface area contributed by atoms with E-state index in [0.29, 0.717) is 12.2 Å². The zero-order valence-corrected chi connectivity index (χ0v) is 25.4. The molecule has 1 aliphatic rings. The number of hydrogen-bond acceptors (Lipinski definition) is 5. The van der Waals surface area contributed by atoms with Crippen LogP contribution in [0.15, 0.2) is 78.9 Å². The maximum Gasteiger partial charge on any atom is 0.319 e. The molecule has 3 aromatic rings. The van der Waals surface area contributed by atoms with E-state index in [1.54, 1.807) is 0 Å². The number of benzene rings is 3. The first kappa shape index (κ1) is 31.1. The van der Waals surface area contributed by atoms with Crippen LogP contribution in [0.25, 0.3) is 0 Å². The molecule has 0 saturated carbocycles. The lowest BCUT2D eigenvalue weighted by Crippen LogP contribution is -2.59. The number of aryl methyl sites for hydroxylation is 2. The molecule has 3 atom stereocenters.